The number of aromatic nitrogens is 1. The molecule has 0 spiro atoms. The monoisotopic (exact) mass is 274 g/mol. The van der Waals surface area contributed by atoms with Crippen LogP contribution in [0.15, 0.2) is 23.4 Å². The standard InChI is InChI=1S/C13H11FN4O2/c1-18-12(19)5-4-11(17-18)13(20)9(6-15)10-3-2-8(14)7-16-10/h2-3,7,9H,4-5H2,1H3. The van der Waals surface area contributed by atoms with Crippen LogP contribution in [-0.4, -0.2) is 34.4 Å². The lowest BCUT2D eigenvalue weighted by Crippen LogP contribution is -2.33. The molecular formula is C13H11FN4O2. The van der Waals surface area contributed by atoms with Crippen molar-refractivity contribution in [1.82, 2.24) is 9.99 Å². The van der Waals surface area contributed by atoms with Gasteiger partial charge in [0.15, 0.2) is 5.92 Å². The number of nitrogens with zero attached hydrogens (tertiary/aromatic N) is 4. The van der Waals surface area contributed by atoms with Crippen molar-refractivity contribution in [3.8, 4) is 6.07 Å². The highest BCUT2D eigenvalue weighted by Gasteiger charge is 2.29. The van der Waals surface area contributed by atoms with Crippen molar-refractivity contribution in [2.75, 3.05) is 7.05 Å². The Hall–Kier alpha value is -2.62. The average Bonchev–Trinajstić information content (AvgIpc) is 2.44. The number of carbonyl (C=O) groups excluding carboxylic acids is 2. The van der Waals surface area contributed by atoms with E-state index in [1.165, 1.54) is 13.1 Å². The minimum absolute atomic E-state index is 0.157. The first-order valence-corrected chi connectivity index (χ1v) is 5.92. The van der Waals surface area contributed by atoms with Gasteiger partial charge in [-0.2, -0.15) is 10.4 Å². The number of hydrazone groups is 1. The van der Waals surface area contributed by atoms with Gasteiger partial charge in [-0.15, -0.1) is 0 Å². The van der Waals surface area contributed by atoms with E-state index in [9.17, 15) is 14.0 Å². The van der Waals surface area contributed by atoms with E-state index in [2.05, 4.69) is 10.1 Å². The zero-order valence-corrected chi connectivity index (χ0v) is 10.7. The topological polar surface area (TPSA) is 86.4 Å². The van der Waals surface area contributed by atoms with Gasteiger partial charge in [-0.1, -0.05) is 0 Å². The lowest BCUT2D eigenvalue weighted by Gasteiger charge is -2.19. The van der Waals surface area contributed by atoms with Gasteiger partial charge in [0.05, 0.1) is 18.0 Å². The summed E-state index contributed by atoms with van der Waals surface area (Å²) >= 11 is 0. The minimum Gasteiger partial charge on any atom is -0.291 e. The van der Waals surface area contributed by atoms with E-state index in [0.717, 1.165) is 17.3 Å². The normalized spacial score (nSPS) is 16.4. The van der Waals surface area contributed by atoms with Gasteiger partial charge in [-0.3, -0.25) is 14.6 Å². The van der Waals surface area contributed by atoms with Gasteiger partial charge < -0.3 is 0 Å². The Kier molecular flexibility index (Phi) is 3.84. The number of halogens is 1. The van der Waals surface area contributed by atoms with Crippen molar-refractivity contribution >= 4 is 17.4 Å². The lowest BCUT2D eigenvalue weighted by molar-refractivity contribution is -0.130. The Morgan fingerprint density at radius 2 is 2.25 bits per heavy atom. The van der Waals surface area contributed by atoms with Gasteiger partial charge in [0.1, 0.15) is 11.5 Å². The Morgan fingerprint density at radius 1 is 1.50 bits per heavy atom. The second kappa shape index (κ2) is 5.57. The highest BCUT2D eigenvalue weighted by molar-refractivity contribution is 6.42. The van der Waals surface area contributed by atoms with E-state index in [4.69, 9.17) is 5.26 Å². The van der Waals surface area contributed by atoms with Gasteiger partial charge in [-0.25, -0.2) is 9.40 Å². The molecule has 7 heteroatoms. The van der Waals surface area contributed by atoms with E-state index in [-0.39, 0.29) is 30.2 Å². The predicted molar refractivity (Wildman–Crippen MR) is 67.0 cm³/mol. The maximum absolute atomic E-state index is 12.8. The Morgan fingerprint density at radius 3 is 2.80 bits per heavy atom. The molecule has 0 aromatic carbocycles. The first-order chi connectivity index (χ1) is 9.52. The van der Waals surface area contributed by atoms with Crippen LogP contribution in [0.4, 0.5) is 4.39 Å². The fourth-order valence-electron chi connectivity index (χ4n) is 1.83. The van der Waals surface area contributed by atoms with Crippen molar-refractivity contribution < 1.29 is 14.0 Å². The molecule has 1 aliphatic heterocycles. The fourth-order valence-corrected chi connectivity index (χ4v) is 1.83. The van der Waals surface area contributed by atoms with Crippen molar-refractivity contribution in [2.24, 2.45) is 5.10 Å². The predicted octanol–water partition coefficient (Wildman–Crippen LogP) is 1.01. The van der Waals surface area contributed by atoms with Crippen molar-refractivity contribution in [1.29, 1.82) is 5.26 Å². The molecule has 6 nitrogen and oxygen atoms in total. The Labute approximate surface area is 114 Å². The maximum atomic E-state index is 12.8. The summed E-state index contributed by atoms with van der Waals surface area (Å²) in [5, 5.41) is 14.1. The third-order valence-electron chi connectivity index (χ3n) is 2.93. The van der Waals surface area contributed by atoms with Crippen molar-refractivity contribution in [3.05, 3.63) is 29.8 Å². The van der Waals surface area contributed by atoms with E-state index in [0.29, 0.717) is 0 Å². The first kappa shape index (κ1) is 13.8. The van der Waals surface area contributed by atoms with Crippen LogP contribution in [0, 0.1) is 17.1 Å². The van der Waals surface area contributed by atoms with Crippen LogP contribution in [0.1, 0.15) is 24.5 Å². The molecule has 1 amide bonds. The molecule has 0 saturated heterocycles. The molecule has 1 aromatic rings. The lowest BCUT2D eigenvalue weighted by atomic mass is 9.95. The molecule has 20 heavy (non-hydrogen) atoms. The third-order valence-corrected chi connectivity index (χ3v) is 2.93. The summed E-state index contributed by atoms with van der Waals surface area (Å²) in [6.45, 7) is 0. The molecule has 0 fully saturated rings. The maximum Gasteiger partial charge on any atom is 0.242 e. The molecule has 0 bridgehead atoms. The summed E-state index contributed by atoms with van der Waals surface area (Å²) in [6.07, 6.45) is 1.32. The van der Waals surface area contributed by atoms with E-state index >= 15 is 0 Å². The Bertz CT molecular complexity index is 618. The largest absolute Gasteiger partial charge is 0.291 e. The second-order valence-electron chi connectivity index (χ2n) is 4.29. The van der Waals surface area contributed by atoms with Gasteiger partial charge in [0.25, 0.3) is 0 Å². The molecule has 0 radical (unpaired) electrons. The summed E-state index contributed by atoms with van der Waals surface area (Å²) in [4.78, 5) is 27.3. The first-order valence-electron chi connectivity index (χ1n) is 5.92. The molecular weight excluding hydrogens is 263 g/mol. The van der Waals surface area contributed by atoms with Crippen LogP contribution in [0.25, 0.3) is 0 Å². The minimum atomic E-state index is -1.14. The summed E-state index contributed by atoms with van der Waals surface area (Å²) in [6, 6.07) is 4.27. The molecule has 0 saturated carbocycles. The number of nitriles is 1. The third kappa shape index (κ3) is 2.69. The number of rotatable bonds is 3. The molecule has 102 valence electrons. The second-order valence-corrected chi connectivity index (χ2v) is 4.29. The zero-order valence-electron chi connectivity index (χ0n) is 10.7. The van der Waals surface area contributed by atoms with Crippen LogP contribution in [0.2, 0.25) is 0 Å². The Balaban J connectivity index is 2.27. The molecule has 1 unspecified atom stereocenters. The van der Waals surface area contributed by atoms with Crippen LogP contribution in [-0.2, 0) is 9.59 Å². The SMILES string of the molecule is CN1N=C(C(=O)C(C#N)c2ccc(F)cn2)CCC1=O. The molecule has 1 aromatic heterocycles. The van der Waals surface area contributed by atoms with Crippen molar-refractivity contribution in [2.45, 2.75) is 18.8 Å². The van der Waals surface area contributed by atoms with Gasteiger partial charge in [0, 0.05) is 19.9 Å². The smallest absolute Gasteiger partial charge is 0.242 e. The molecule has 1 atom stereocenters. The number of Topliss-reactive ketones (excluding diaryl/α,β-unsaturated/α-hetero) is 1. The fraction of sp³-hybridized carbons (Fsp3) is 0.308. The van der Waals surface area contributed by atoms with Crippen LogP contribution in [0.3, 0.4) is 0 Å². The highest BCUT2D eigenvalue weighted by Crippen LogP contribution is 2.18. The zero-order chi connectivity index (χ0) is 14.7. The summed E-state index contributed by atoms with van der Waals surface area (Å²) in [7, 11) is 1.45. The number of amides is 1. The van der Waals surface area contributed by atoms with Gasteiger partial charge in [-0.05, 0) is 12.1 Å². The van der Waals surface area contributed by atoms with Crippen LogP contribution < -0.4 is 0 Å². The summed E-state index contributed by atoms with van der Waals surface area (Å²) in [5.74, 6) is -2.38. The summed E-state index contributed by atoms with van der Waals surface area (Å²) in [5.41, 5.74) is 0.325. The number of ketones is 1. The quantitative estimate of drug-likeness (QED) is 0.823. The van der Waals surface area contributed by atoms with Crippen LogP contribution in [0.5, 0.6) is 0 Å². The molecule has 0 aliphatic carbocycles. The number of hydrogen-bond donors (Lipinski definition) is 0. The molecule has 1 aliphatic rings. The van der Waals surface area contributed by atoms with E-state index < -0.39 is 17.5 Å². The van der Waals surface area contributed by atoms with Gasteiger partial charge >= 0.3 is 0 Å². The van der Waals surface area contributed by atoms with Gasteiger partial charge in [0.2, 0.25) is 11.7 Å². The van der Waals surface area contributed by atoms with Crippen molar-refractivity contribution in [3.63, 3.8) is 0 Å². The van der Waals surface area contributed by atoms with E-state index in [1.54, 1.807) is 0 Å². The highest BCUT2D eigenvalue weighted by atomic mass is 19.1. The van der Waals surface area contributed by atoms with E-state index in [1.807, 2.05) is 6.07 Å². The molecule has 2 rings (SSSR count). The number of hydrogen-bond acceptors (Lipinski definition) is 5. The average molecular weight is 274 g/mol. The molecule has 2 heterocycles. The number of pyridine rings is 1. The van der Waals surface area contributed by atoms with Crippen LogP contribution >= 0.6 is 0 Å². The molecule has 0 N–H and O–H groups in total. The summed E-state index contributed by atoms with van der Waals surface area (Å²) < 4.78 is 12.8. The number of carbonyl (C=O) groups is 2.